The number of nitrogens with one attached hydrogen (secondary N) is 3. The highest BCUT2D eigenvalue weighted by Crippen LogP contribution is 2.29. The Kier molecular flexibility index (Phi) is 10.7. The van der Waals surface area contributed by atoms with Crippen LogP contribution in [0.15, 0.2) is 90.4 Å². The first-order valence-electron chi connectivity index (χ1n) is 12.9. The lowest BCUT2D eigenvalue weighted by Crippen LogP contribution is -2.47. The summed E-state index contributed by atoms with van der Waals surface area (Å²) in [6, 6.07) is 21.0. The quantitative estimate of drug-likeness (QED) is 0.152. The van der Waals surface area contributed by atoms with Gasteiger partial charge in [0.1, 0.15) is 19.3 Å². The number of benzene rings is 3. The standard InChI is InChI=1S/C30H30ClN5O5/c1-2-39-28-14-23(10-13-27(28)40-18-22-8-11-24(31)12-9-22)16-34-36-29(37)26(15-25-17-32-20-33-25)35-30(38)41-19-21-6-4-3-5-7-21/h3-14,16-17,20,26H,2,15,18-19H2,1H3,(H,32,33)(H,35,38)(H,36,37)/b34-16-/t26-/m0/s1. The second-order valence-electron chi connectivity index (χ2n) is 8.83. The average Bonchev–Trinajstić information content (AvgIpc) is 3.50. The van der Waals surface area contributed by atoms with Crippen LogP contribution in [-0.2, 0) is 29.2 Å². The van der Waals surface area contributed by atoms with Crippen molar-refractivity contribution in [1.82, 2.24) is 20.7 Å². The lowest BCUT2D eigenvalue weighted by molar-refractivity contribution is -0.123. The fraction of sp³-hybridized carbons (Fsp3) is 0.200. The zero-order valence-corrected chi connectivity index (χ0v) is 23.1. The number of alkyl carbamates (subject to hydrolysis) is 1. The van der Waals surface area contributed by atoms with Gasteiger partial charge in [0.05, 0.1) is 19.1 Å². The molecule has 1 aromatic heterocycles. The van der Waals surface area contributed by atoms with E-state index in [1.54, 1.807) is 36.5 Å². The van der Waals surface area contributed by atoms with Crippen molar-refractivity contribution in [1.29, 1.82) is 0 Å². The molecule has 10 nitrogen and oxygen atoms in total. The molecule has 1 atom stereocenters. The minimum Gasteiger partial charge on any atom is -0.490 e. The predicted molar refractivity (Wildman–Crippen MR) is 155 cm³/mol. The summed E-state index contributed by atoms with van der Waals surface area (Å²) in [5, 5.41) is 7.33. The maximum atomic E-state index is 13.0. The fourth-order valence-corrected chi connectivity index (χ4v) is 3.84. The predicted octanol–water partition coefficient (Wildman–Crippen LogP) is 5.03. The highest BCUT2D eigenvalue weighted by atomic mass is 35.5. The molecule has 41 heavy (non-hydrogen) atoms. The van der Waals surface area contributed by atoms with Crippen LogP contribution in [-0.4, -0.2) is 40.8 Å². The van der Waals surface area contributed by atoms with Gasteiger partial charge in [-0.1, -0.05) is 54.1 Å². The number of imidazole rings is 1. The Morgan fingerprint density at radius 3 is 2.51 bits per heavy atom. The number of aromatic nitrogens is 2. The number of aromatic amines is 1. The van der Waals surface area contributed by atoms with Crippen LogP contribution in [0.1, 0.15) is 29.3 Å². The van der Waals surface area contributed by atoms with Crippen molar-refractivity contribution in [2.75, 3.05) is 6.61 Å². The van der Waals surface area contributed by atoms with Gasteiger partial charge >= 0.3 is 6.09 Å². The SMILES string of the molecule is CCOc1cc(/C=N\NC(=O)[C@H](Cc2cnc[nH]2)NC(=O)OCc2ccccc2)ccc1OCc1ccc(Cl)cc1. The molecule has 11 heteroatoms. The third-order valence-electron chi connectivity index (χ3n) is 5.76. The number of hydrazone groups is 1. The Hall–Kier alpha value is -4.83. The molecule has 1 heterocycles. The Bertz CT molecular complexity index is 1430. The molecule has 0 saturated heterocycles. The third-order valence-corrected chi connectivity index (χ3v) is 6.02. The smallest absolute Gasteiger partial charge is 0.408 e. The molecule has 0 fully saturated rings. The molecule has 0 aliphatic heterocycles. The van der Waals surface area contributed by atoms with Crippen molar-refractivity contribution >= 4 is 29.8 Å². The van der Waals surface area contributed by atoms with E-state index < -0.39 is 18.0 Å². The average molecular weight is 576 g/mol. The Balaban J connectivity index is 1.36. The van der Waals surface area contributed by atoms with Crippen LogP contribution in [0, 0.1) is 0 Å². The number of ether oxygens (including phenoxy) is 3. The lowest BCUT2D eigenvalue weighted by Gasteiger charge is -2.16. The van der Waals surface area contributed by atoms with Gasteiger partial charge in [0.25, 0.3) is 5.91 Å². The van der Waals surface area contributed by atoms with E-state index in [2.05, 4.69) is 25.8 Å². The number of carbonyl (C=O) groups excluding carboxylic acids is 2. The van der Waals surface area contributed by atoms with Crippen LogP contribution in [0.5, 0.6) is 11.5 Å². The van der Waals surface area contributed by atoms with Gasteiger partial charge in [-0.3, -0.25) is 4.79 Å². The van der Waals surface area contributed by atoms with Crippen LogP contribution in [0.2, 0.25) is 5.02 Å². The lowest BCUT2D eigenvalue weighted by atomic mass is 10.1. The molecule has 2 amide bonds. The first kappa shape index (κ1) is 29.2. The Labute approximate surface area is 242 Å². The summed E-state index contributed by atoms with van der Waals surface area (Å²) in [5.41, 5.74) is 5.61. The maximum absolute atomic E-state index is 13.0. The molecule has 3 aromatic carbocycles. The van der Waals surface area contributed by atoms with Gasteiger partial charge in [-0.25, -0.2) is 15.2 Å². The van der Waals surface area contributed by atoms with E-state index in [0.29, 0.717) is 41.0 Å². The topological polar surface area (TPSA) is 127 Å². The normalized spacial score (nSPS) is 11.6. The molecular weight excluding hydrogens is 546 g/mol. The van der Waals surface area contributed by atoms with Gasteiger partial charge in [0, 0.05) is 23.3 Å². The summed E-state index contributed by atoms with van der Waals surface area (Å²) < 4.78 is 17.0. The highest BCUT2D eigenvalue weighted by molar-refractivity contribution is 6.30. The summed E-state index contributed by atoms with van der Waals surface area (Å²) >= 11 is 5.95. The number of nitrogens with zero attached hydrogens (tertiary/aromatic N) is 2. The van der Waals surface area contributed by atoms with Crippen LogP contribution < -0.4 is 20.2 Å². The van der Waals surface area contributed by atoms with Crippen LogP contribution in [0.3, 0.4) is 0 Å². The van der Waals surface area contributed by atoms with Gasteiger partial charge in [0.15, 0.2) is 11.5 Å². The second kappa shape index (κ2) is 15.1. The van der Waals surface area contributed by atoms with E-state index in [9.17, 15) is 9.59 Å². The number of halogens is 1. The molecule has 0 radical (unpaired) electrons. The monoisotopic (exact) mass is 575 g/mol. The molecule has 0 saturated carbocycles. The molecular formula is C30H30ClN5O5. The Morgan fingerprint density at radius 2 is 1.78 bits per heavy atom. The molecule has 4 aromatic rings. The first-order valence-corrected chi connectivity index (χ1v) is 13.3. The van der Waals surface area contributed by atoms with Gasteiger partial charge in [-0.2, -0.15) is 5.10 Å². The number of hydrogen-bond donors (Lipinski definition) is 3. The molecule has 3 N–H and O–H groups in total. The van der Waals surface area contributed by atoms with Crippen LogP contribution in [0.4, 0.5) is 4.79 Å². The number of amides is 2. The van der Waals surface area contributed by atoms with Crippen molar-refractivity contribution < 1.29 is 23.8 Å². The van der Waals surface area contributed by atoms with E-state index in [0.717, 1.165) is 11.1 Å². The molecule has 0 aliphatic rings. The second-order valence-corrected chi connectivity index (χ2v) is 9.26. The summed E-state index contributed by atoms with van der Waals surface area (Å²) in [7, 11) is 0. The number of hydrogen-bond acceptors (Lipinski definition) is 7. The summed E-state index contributed by atoms with van der Waals surface area (Å²) in [5.74, 6) is 0.581. The van der Waals surface area contributed by atoms with E-state index in [4.69, 9.17) is 25.8 Å². The highest BCUT2D eigenvalue weighted by Gasteiger charge is 2.22. The fourth-order valence-electron chi connectivity index (χ4n) is 3.72. The van der Waals surface area contributed by atoms with E-state index in [1.165, 1.54) is 12.5 Å². The van der Waals surface area contributed by atoms with E-state index in [1.807, 2.05) is 49.4 Å². The van der Waals surface area contributed by atoms with Gasteiger partial charge in [0.2, 0.25) is 0 Å². The zero-order chi connectivity index (χ0) is 28.9. The largest absolute Gasteiger partial charge is 0.490 e. The van der Waals surface area contributed by atoms with E-state index >= 15 is 0 Å². The van der Waals surface area contributed by atoms with Crippen molar-refractivity contribution in [2.45, 2.75) is 32.6 Å². The maximum Gasteiger partial charge on any atom is 0.408 e. The van der Waals surface area contributed by atoms with Crippen LogP contribution in [0.25, 0.3) is 0 Å². The van der Waals surface area contributed by atoms with Crippen molar-refractivity contribution in [2.24, 2.45) is 5.10 Å². The van der Waals surface area contributed by atoms with Gasteiger partial charge in [-0.05, 0) is 53.9 Å². The van der Waals surface area contributed by atoms with Crippen molar-refractivity contribution in [3.63, 3.8) is 0 Å². The minimum absolute atomic E-state index is 0.0742. The van der Waals surface area contributed by atoms with Gasteiger partial charge < -0.3 is 24.5 Å². The van der Waals surface area contributed by atoms with Crippen molar-refractivity contribution in [3.8, 4) is 11.5 Å². The molecule has 0 unspecified atom stereocenters. The van der Waals surface area contributed by atoms with E-state index in [-0.39, 0.29) is 13.0 Å². The first-order chi connectivity index (χ1) is 20.0. The number of rotatable bonds is 13. The van der Waals surface area contributed by atoms with Gasteiger partial charge in [-0.15, -0.1) is 0 Å². The van der Waals surface area contributed by atoms with Crippen LogP contribution >= 0.6 is 11.6 Å². The minimum atomic E-state index is -0.960. The molecule has 212 valence electrons. The summed E-state index contributed by atoms with van der Waals surface area (Å²) in [6.45, 7) is 2.74. The molecule has 4 rings (SSSR count). The molecule has 0 spiro atoms. The van der Waals surface area contributed by atoms with Crippen molar-refractivity contribution in [3.05, 3.63) is 113 Å². The summed E-state index contributed by atoms with van der Waals surface area (Å²) in [4.78, 5) is 32.3. The Morgan fingerprint density at radius 1 is 1.00 bits per heavy atom. The molecule has 0 aliphatic carbocycles. The number of carbonyl (C=O) groups is 2. The third kappa shape index (κ3) is 9.40. The summed E-state index contributed by atoms with van der Waals surface area (Å²) in [6.07, 6.45) is 3.98. The zero-order valence-electron chi connectivity index (χ0n) is 22.4. The molecule has 0 bridgehead atoms. The number of H-pyrrole nitrogens is 1.